The van der Waals surface area contributed by atoms with Crippen molar-refractivity contribution >= 4 is 19.8 Å². The standard InChI is InChI=1S/C2F2O2.BO2.2Li/c3-1(5)2(4)6;2-1-3;;/q;-2;2*+1. The van der Waals surface area contributed by atoms with Gasteiger partial charge in [-0.15, -0.1) is 0 Å². The van der Waals surface area contributed by atoms with E-state index >= 15 is 0 Å². The van der Waals surface area contributed by atoms with E-state index in [1.54, 1.807) is 0 Å². The molecular weight excluding hydrogens is 151 g/mol. The molecule has 0 aromatic carbocycles. The van der Waals surface area contributed by atoms with E-state index in [-0.39, 0.29) is 37.7 Å². The van der Waals surface area contributed by atoms with Gasteiger partial charge in [-0.25, -0.2) is 17.3 Å². The molecule has 0 atom stereocenters. The summed E-state index contributed by atoms with van der Waals surface area (Å²) < 4.78 is 20.9. The predicted molar refractivity (Wildman–Crippen MR) is 18.0 cm³/mol. The Labute approximate surface area is 86.0 Å². The second kappa shape index (κ2) is 16.8. The van der Waals surface area contributed by atoms with Gasteiger partial charge in [0.05, 0.1) is 0 Å². The van der Waals surface area contributed by atoms with E-state index in [2.05, 4.69) is 0 Å². The average Bonchev–Trinajstić information content (AvgIpc) is 1.68. The number of hydrogen-bond acceptors (Lipinski definition) is 4. The van der Waals surface area contributed by atoms with E-state index in [0.717, 1.165) is 0 Å². The summed E-state index contributed by atoms with van der Waals surface area (Å²) in [4.78, 5) is 17.5. The van der Waals surface area contributed by atoms with Crippen molar-refractivity contribution in [2.24, 2.45) is 0 Å². The van der Waals surface area contributed by atoms with E-state index in [4.69, 9.17) is 19.6 Å². The molecule has 51 valence electrons. The SMILES string of the molecule is O=C(F)C(=O)F.[Li+].[Li+].[O-][B][O-]. The molecule has 0 aliphatic heterocycles. The Bertz CT molecular complexity index is 100. The second-order valence-electron chi connectivity index (χ2n) is 0.644. The first-order chi connectivity index (χ1) is 4.06. The maximum atomic E-state index is 10.5. The van der Waals surface area contributed by atoms with Gasteiger partial charge < -0.3 is 10.0 Å². The number of carbonyl (C=O) groups is 2. The molecule has 0 unspecified atom stereocenters. The van der Waals surface area contributed by atoms with Crippen LogP contribution in [0.5, 0.6) is 0 Å². The molecule has 0 amide bonds. The van der Waals surface area contributed by atoms with Crippen molar-refractivity contribution in [3.05, 3.63) is 0 Å². The van der Waals surface area contributed by atoms with Crippen LogP contribution in [-0.2, 0) is 9.59 Å². The van der Waals surface area contributed by atoms with Crippen LogP contribution < -0.4 is 47.8 Å². The van der Waals surface area contributed by atoms with Gasteiger partial charge in [0.15, 0.2) is 0 Å². The Morgan fingerprint density at radius 2 is 1.09 bits per heavy atom. The van der Waals surface area contributed by atoms with Gasteiger partial charge in [0.1, 0.15) is 0 Å². The van der Waals surface area contributed by atoms with E-state index in [1.807, 2.05) is 0 Å². The number of hydrogen-bond donors (Lipinski definition) is 0. The maximum Gasteiger partial charge on any atom is 1.00 e. The normalized spacial score (nSPS) is 5.45. The Kier molecular flexibility index (Phi) is 34.3. The third-order valence-corrected chi connectivity index (χ3v) is 0.155. The van der Waals surface area contributed by atoms with Gasteiger partial charge in [0.2, 0.25) is 0 Å². The Hall–Kier alpha value is 0.380. The van der Waals surface area contributed by atoms with Crippen LogP contribution in [-0.4, -0.2) is 19.8 Å². The summed E-state index contributed by atoms with van der Waals surface area (Å²) in [7, 11) is -0.500. The van der Waals surface area contributed by atoms with Crippen LogP contribution in [0.2, 0.25) is 0 Å². The van der Waals surface area contributed by atoms with Crippen molar-refractivity contribution in [3.8, 4) is 0 Å². The molecule has 0 spiro atoms. The molecule has 0 aliphatic rings. The van der Waals surface area contributed by atoms with Crippen LogP contribution in [0.1, 0.15) is 0 Å². The molecule has 0 fully saturated rings. The van der Waals surface area contributed by atoms with Crippen LogP contribution >= 0.6 is 0 Å². The minimum absolute atomic E-state index is 0. The quantitative estimate of drug-likeness (QED) is 0.211. The summed E-state index contributed by atoms with van der Waals surface area (Å²) >= 11 is 0. The van der Waals surface area contributed by atoms with E-state index in [9.17, 15) is 8.78 Å². The van der Waals surface area contributed by atoms with Crippen molar-refractivity contribution in [2.75, 3.05) is 0 Å². The first-order valence-corrected chi connectivity index (χ1v) is 1.51. The van der Waals surface area contributed by atoms with Gasteiger partial charge in [0.25, 0.3) is 0 Å². The van der Waals surface area contributed by atoms with Crippen molar-refractivity contribution in [2.45, 2.75) is 0 Å². The third kappa shape index (κ3) is 38.0. The molecule has 0 rings (SSSR count). The molecule has 1 radical (unpaired) electrons. The smallest absolute Gasteiger partial charge is 0.900 e. The monoisotopic (exact) mass is 151 g/mol. The van der Waals surface area contributed by atoms with E-state index in [1.165, 1.54) is 0 Å². The molecule has 0 N–H and O–H groups in total. The van der Waals surface area contributed by atoms with Crippen LogP contribution in [0, 0.1) is 0 Å². The summed E-state index contributed by atoms with van der Waals surface area (Å²) in [5, 5.41) is 16.5. The molecule has 4 nitrogen and oxygen atoms in total. The molecule has 0 saturated carbocycles. The molecule has 9 heteroatoms. The zero-order valence-corrected chi connectivity index (χ0v) is 5.97. The van der Waals surface area contributed by atoms with Gasteiger partial charge >= 0.3 is 49.8 Å². The van der Waals surface area contributed by atoms with Crippen LogP contribution in [0.3, 0.4) is 0 Å². The fourth-order valence-corrected chi connectivity index (χ4v) is 0. The zero-order valence-electron chi connectivity index (χ0n) is 5.97. The van der Waals surface area contributed by atoms with E-state index in [0.29, 0.717) is 0 Å². The summed E-state index contributed by atoms with van der Waals surface area (Å²) in [5.74, 6) is 0. The van der Waals surface area contributed by atoms with Crippen LogP contribution in [0.15, 0.2) is 0 Å². The average molecular weight is 151 g/mol. The molecule has 11 heavy (non-hydrogen) atoms. The number of halogens is 2. The second-order valence-corrected chi connectivity index (χ2v) is 0.644. The molecule has 0 aromatic rings. The minimum atomic E-state index is -2.55. The van der Waals surface area contributed by atoms with Crippen molar-refractivity contribution in [3.63, 3.8) is 0 Å². The first-order valence-electron chi connectivity index (χ1n) is 1.51. The zero-order chi connectivity index (χ0) is 7.86. The van der Waals surface area contributed by atoms with Gasteiger partial charge in [-0.3, -0.25) is 0 Å². The Balaban J connectivity index is -0.0000000437. The largest absolute Gasteiger partial charge is 1.00 e. The van der Waals surface area contributed by atoms with Crippen molar-refractivity contribution in [1.29, 1.82) is 0 Å². The van der Waals surface area contributed by atoms with E-state index < -0.39 is 19.8 Å². The molecule has 0 aromatic heterocycles. The summed E-state index contributed by atoms with van der Waals surface area (Å²) in [6.45, 7) is 0. The third-order valence-electron chi connectivity index (χ3n) is 0.155. The number of rotatable bonds is 1. The Morgan fingerprint density at radius 3 is 1.09 bits per heavy atom. The molecular formula is C2BF2Li2O4. The topological polar surface area (TPSA) is 80.3 Å². The summed E-state index contributed by atoms with van der Waals surface area (Å²) in [5.41, 5.74) is 0. The number of carbonyl (C=O) groups excluding carboxylic acids is 2. The fraction of sp³-hybridized carbons (Fsp3) is 0. The van der Waals surface area contributed by atoms with Crippen molar-refractivity contribution < 1.29 is 66.1 Å². The van der Waals surface area contributed by atoms with Crippen LogP contribution in [0.4, 0.5) is 8.78 Å². The Morgan fingerprint density at radius 1 is 1.00 bits per heavy atom. The van der Waals surface area contributed by atoms with Gasteiger partial charge in [0, 0.05) is 0 Å². The summed E-state index contributed by atoms with van der Waals surface area (Å²) in [6.07, 6.45) is 0. The van der Waals surface area contributed by atoms with Crippen LogP contribution in [0.25, 0.3) is 0 Å². The first kappa shape index (κ1) is 22.5. The maximum absolute atomic E-state index is 10.5. The fourth-order valence-electron chi connectivity index (χ4n) is 0. The predicted octanol–water partition coefficient (Wildman–Crippen LogP) is -8.77. The van der Waals surface area contributed by atoms with Gasteiger partial charge in [-0.1, -0.05) is 0 Å². The molecule has 0 saturated heterocycles. The van der Waals surface area contributed by atoms with Crippen molar-refractivity contribution in [1.82, 2.24) is 0 Å². The minimum Gasteiger partial charge on any atom is -0.900 e. The van der Waals surface area contributed by atoms with Gasteiger partial charge in [-0.05, 0) is 0 Å². The molecule has 0 aliphatic carbocycles. The summed E-state index contributed by atoms with van der Waals surface area (Å²) in [6, 6.07) is -5.09. The molecule has 0 bridgehead atoms. The van der Waals surface area contributed by atoms with Gasteiger partial charge in [-0.2, -0.15) is 8.78 Å². The molecule has 0 heterocycles.